The molecule has 0 aromatic carbocycles. The van der Waals surface area contributed by atoms with Gasteiger partial charge in [-0.2, -0.15) is 0 Å². The van der Waals surface area contributed by atoms with Crippen LogP contribution in [0.3, 0.4) is 0 Å². The average molecular weight is 482 g/mol. The lowest BCUT2D eigenvalue weighted by atomic mass is 9.95. The van der Waals surface area contributed by atoms with E-state index in [4.69, 9.17) is 9.72 Å². The van der Waals surface area contributed by atoms with Gasteiger partial charge in [-0.15, -0.1) is 0 Å². The van der Waals surface area contributed by atoms with Gasteiger partial charge in [0.2, 0.25) is 0 Å². The van der Waals surface area contributed by atoms with E-state index in [-0.39, 0.29) is 24.7 Å². The first-order valence-electron chi connectivity index (χ1n) is 11.9. The topological polar surface area (TPSA) is 112 Å². The summed E-state index contributed by atoms with van der Waals surface area (Å²) in [7, 11) is 0. The molecule has 9 nitrogen and oxygen atoms in total. The summed E-state index contributed by atoms with van der Waals surface area (Å²) in [6, 6.07) is 7.56. The van der Waals surface area contributed by atoms with Gasteiger partial charge in [0, 0.05) is 30.9 Å². The van der Waals surface area contributed by atoms with E-state index in [1.165, 1.54) is 0 Å². The molecule has 1 amide bonds. The van der Waals surface area contributed by atoms with E-state index in [2.05, 4.69) is 17.2 Å². The molecule has 1 aliphatic rings. The zero-order valence-electron chi connectivity index (χ0n) is 21.2. The number of rotatable bonds is 5. The fourth-order valence-electron chi connectivity index (χ4n) is 4.41. The number of aliphatic hydroxyl groups is 2. The summed E-state index contributed by atoms with van der Waals surface area (Å²) < 4.78 is 7.40. The Morgan fingerprint density at radius 3 is 2.63 bits per heavy atom. The van der Waals surface area contributed by atoms with Crippen molar-refractivity contribution in [3.05, 3.63) is 47.8 Å². The highest BCUT2D eigenvalue weighted by Gasteiger charge is 2.35. The first-order valence-corrected chi connectivity index (χ1v) is 11.9. The van der Waals surface area contributed by atoms with Crippen molar-refractivity contribution < 1.29 is 19.7 Å². The van der Waals surface area contributed by atoms with Gasteiger partial charge in [0.15, 0.2) is 0 Å². The second-order valence-corrected chi connectivity index (χ2v) is 10.8. The highest BCUT2D eigenvalue weighted by molar-refractivity contribution is 5.69. The molecule has 3 aromatic rings. The highest BCUT2D eigenvalue weighted by Crippen LogP contribution is 2.29. The Morgan fingerprint density at radius 2 is 1.97 bits per heavy atom. The van der Waals surface area contributed by atoms with Crippen molar-refractivity contribution >= 4 is 17.6 Å². The highest BCUT2D eigenvalue weighted by atomic mass is 16.6. The molecule has 9 heteroatoms. The maximum atomic E-state index is 12.5. The van der Waals surface area contributed by atoms with Gasteiger partial charge >= 0.3 is 6.09 Å². The minimum absolute atomic E-state index is 0.0429. The van der Waals surface area contributed by atoms with Crippen molar-refractivity contribution in [2.75, 3.05) is 18.4 Å². The number of hydrogen-bond acceptors (Lipinski definition) is 7. The molecule has 0 radical (unpaired) electrons. The summed E-state index contributed by atoms with van der Waals surface area (Å²) in [5, 5.41) is 23.8. The van der Waals surface area contributed by atoms with Gasteiger partial charge < -0.3 is 25.2 Å². The van der Waals surface area contributed by atoms with Crippen molar-refractivity contribution in [1.29, 1.82) is 0 Å². The number of nitrogens with zero attached hydrogens (tertiary/aromatic N) is 4. The zero-order valence-corrected chi connectivity index (χ0v) is 21.2. The Labute approximate surface area is 205 Å². The molecule has 4 heterocycles. The van der Waals surface area contributed by atoms with Crippen LogP contribution in [0.5, 0.6) is 0 Å². The molecule has 35 heavy (non-hydrogen) atoms. The second-order valence-electron chi connectivity index (χ2n) is 10.8. The van der Waals surface area contributed by atoms with Crippen molar-refractivity contribution in [3.8, 4) is 11.4 Å². The monoisotopic (exact) mass is 481 g/mol. The van der Waals surface area contributed by atoms with Gasteiger partial charge in [-0.25, -0.2) is 14.8 Å². The summed E-state index contributed by atoms with van der Waals surface area (Å²) >= 11 is 0. The molecule has 3 N–H and O–H groups in total. The number of carbonyl (C=O) groups excluding carboxylic acids is 1. The number of amides is 1. The number of anilines is 1. The van der Waals surface area contributed by atoms with Crippen LogP contribution in [0.1, 0.15) is 52.7 Å². The van der Waals surface area contributed by atoms with E-state index in [9.17, 15) is 15.0 Å². The Balaban J connectivity index is 1.58. The number of pyridine rings is 2. The SMILES string of the molecule is C[C@H]1CN(C(=O)OC(C)(C)C)C[C@@H]1Nc1cccc(-c2cnc3cc(CO)c(C(C)(C)O)cn23)n1. The third-order valence-electron chi connectivity index (χ3n) is 6.17. The van der Waals surface area contributed by atoms with Crippen LogP contribution in [-0.4, -0.2) is 60.3 Å². The fraction of sp³-hybridized carbons (Fsp3) is 0.500. The average Bonchev–Trinajstić information content (AvgIpc) is 3.34. The number of fused-ring (bicyclic) bond motifs is 1. The number of aromatic nitrogens is 3. The molecule has 0 saturated carbocycles. The summed E-state index contributed by atoms with van der Waals surface area (Å²) in [5.74, 6) is 0.935. The predicted octanol–water partition coefficient (Wildman–Crippen LogP) is 3.78. The van der Waals surface area contributed by atoms with Gasteiger partial charge in [0.25, 0.3) is 0 Å². The number of ether oxygens (including phenoxy) is 1. The van der Waals surface area contributed by atoms with Crippen LogP contribution < -0.4 is 5.32 Å². The van der Waals surface area contributed by atoms with Gasteiger partial charge in [-0.05, 0) is 64.3 Å². The lowest BCUT2D eigenvalue weighted by Crippen LogP contribution is -2.36. The third kappa shape index (κ3) is 5.41. The van der Waals surface area contributed by atoms with Gasteiger partial charge in [-0.3, -0.25) is 4.40 Å². The van der Waals surface area contributed by atoms with Crippen LogP contribution in [0.15, 0.2) is 36.7 Å². The molecule has 1 aliphatic heterocycles. The zero-order chi connectivity index (χ0) is 25.5. The van der Waals surface area contributed by atoms with Crippen LogP contribution >= 0.6 is 0 Å². The number of aliphatic hydroxyl groups excluding tert-OH is 1. The van der Waals surface area contributed by atoms with Crippen LogP contribution in [-0.2, 0) is 16.9 Å². The van der Waals surface area contributed by atoms with Gasteiger partial charge in [0.1, 0.15) is 17.1 Å². The largest absolute Gasteiger partial charge is 0.444 e. The smallest absolute Gasteiger partial charge is 0.410 e. The van der Waals surface area contributed by atoms with E-state index >= 15 is 0 Å². The third-order valence-corrected chi connectivity index (χ3v) is 6.17. The normalized spacial score (nSPS) is 18.8. The molecule has 0 bridgehead atoms. The number of likely N-dealkylation sites (tertiary alicyclic amines) is 1. The molecule has 4 rings (SSSR count). The van der Waals surface area contributed by atoms with E-state index < -0.39 is 11.2 Å². The Kier molecular flexibility index (Phi) is 6.50. The van der Waals surface area contributed by atoms with Gasteiger partial charge in [0.05, 0.1) is 29.8 Å². The molecule has 1 fully saturated rings. The number of carbonyl (C=O) groups is 1. The van der Waals surface area contributed by atoms with Crippen LogP contribution in [0.4, 0.5) is 10.6 Å². The lowest BCUT2D eigenvalue weighted by Gasteiger charge is -2.24. The lowest BCUT2D eigenvalue weighted by molar-refractivity contribution is 0.0288. The summed E-state index contributed by atoms with van der Waals surface area (Å²) in [4.78, 5) is 23.5. The minimum Gasteiger partial charge on any atom is -0.444 e. The second kappa shape index (κ2) is 9.13. The summed E-state index contributed by atoms with van der Waals surface area (Å²) in [6.45, 7) is 12.1. The molecule has 1 saturated heterocycles. The molecular formula is C26H35N5O4. The van der Waals surface area contributed by atoms with Crippen molar-refractivity contribution in [2.45, 2.75) is 65.4 Å². The Bertz CT molecular complexity index is 1220. The summed E-state index contributed by atoms with van der Waals surface area (Å²) in [6.07, 6.45) is 3.24. The number of imidazole rings is 1. The molecule has 2 atom stereocenters. The number of hydrogen-bond donors (Lipinski definition) is 3. The van der Waals surface area contributed by atoms with E-state index in [1.807, 2.05) is 49.6 Å². The first kappa shape index (κ1) is 24.9. The van der Waals surface area contributed by atoms with Crippen molar-refractivity contribution in [2.24, 2.45) is 5.92 Å². The minimum atomic E-state index is -1.12. The van der Waals surface area contributed by atoms with Crippen LogP contribution in [0, 0.1) is 5.92 Å². The van der Waals surface area contributed by atoms with Crippen molar-refractivity contribution in [1.82, 2.24) is 19.3 Å². The Morgan fingerprint density at radius 1 is 1.23 bits per heavy atom. The van der Waals surface area contributed by atoms with Crippen molar-refractivity contribution in [3.63, 3.8) is 0 Å². The van der Waals surface area contributed by atoms with Crippen LogP contribution in [0.2, 0.25) is 0 Å². The van der Waals surface area contributed by atoms with Gasteiger partial charge in [-0.1, -0.05) is 13.0 Å². The predicted molar refractivity (Wildman–Crippen MR) is 134 cm³/mol. The molecule has 3 aromatic heterocycles. The molecule has 0 spiro atoms. The molecule has 188 valence electrons. The number of nitrogens with one attached hydrogen (secondary N) is 1. The standard InChI is InChI=1S/C26H35N5O4/c1-16-12-30(24(33)35-25(2,3)4)14-20(16)29-22-9-7-8-19(28-22)21-11-27-23-10-17(15-32)18(13-31(21)23)26(5,6)34/h7-11,13,16,20,32,34H,12,14-15H2,1-6H3,(H,28,29)/t16-,20-/m0/s1. The Hall–Kier alpha value is -3.17. The van der Waals surface area contributed by atoms with E-state index in [0.29, 0.717) is 35.7 Å². The molecule has 0 aliphatic carbocycles. The molecular weight excluding hydrogens is 446 g/mol. The summed E-state index contributed by atoms with van der Waals surface area (Å²) in [5.41, 5.74) is 1.76. The quantitative estimate of drug-likeness (QED) is 0.508. The maximum Gasteiger partial charge on any atom is 0.410 e. The van der Waals surface area contributed by atoms with E-state index in [1.54, 1.807) is 31.0 Å². The van der Waals surface area contributed by atoms with Crippen LogP contribution in [0.25, 0.3) is 17.0 Å². The molecule has 0 unspecified atom stereocenters. The first-order chi connectivity index (χ1) is 16.4. The van der Waals surface area contributed by atoms with E-state index in [0.717, 1.165) is 11.4 Å². The maximum absolute atomic E-state index is 12.5. The fourth-order valence-corrected chi connectivity index (χ4v) is 4.41.